The number of nitrogens with zero attached hydrogens (tertiary/aromatic N) is 1. The first kappa shape index (κ1) is 16.6. The molecular formula is C18H14ClNO3S. The molecule has 1 heterocycles. The van der Waals surface area contributed by atoms with Gasteiger partial charge < -0.3 is 4.74 Å². The summed E-state index contributed by atoms with van der Waals surface area (Å²) in [5.74, 6) is -0.514. The predicted octanol–water partition coefficient (Wildman–Crippen LogP) is 4.66. The van der Waals surface area contributed by atoms with Crippen LogP contribution < -0.4 is 0 Å². The lowest BCUT2D eigenvalue weighted by molar-refractivity contribution is -0.144. The third-order valence-electron chi connectivity index (χ3n) is 3.42. The Labute approximate surface area is 148 Å². The minimum Gasteiger partial charge on any atom is -0.458 e. The van der Waals surface area contributed by atoms with Crippen molar-refractivity contribution < 1.29 is 14.3 Å². The van der Waals surface area contributed by atoms with Crippen LogP contribution in [0.3, 0.4) is 0 Å². The van der Waals surface area contributed by atoms with Crippen LogP contribution in [0.5, 0.6) is 0 Å². The molecule has 1 aromatic heterocycles. The van der Waals surface area contributed by atoms with Crippen molar-refractivity contribution in [3.63, 3.8) is 0 Å². The number of hydrogen-bond acceptors (Lipinski definition) is 5. The average molecular weight is 360 g/mol. The molecule has 2 aromatic carbocycles. The zero-order valence-electron chi connectivity index (χ0n) is 12.7. The highest BCUT2D eigenvalue weighted by Gasteiger charge is 2.11. The van der Waals surface area contributed by atoms with Crippen molar-refractivity contribution in [1.82, 2.24) is 4.98 Å². The van der Waals surface area contributed by atoms with Crippen molar-refractivity contribution in [2.24, 2.45) is 0 Å². The lowest BCUT2D eigenvalue weighted by Crippen LogP contribution is -2.08. The van der Waals surface area contributed by atoms with E-state index in [4.69, 9.17) is 16.3 Å². The van der Waals surface area contributed by atoms with Crippen LogP contribution in [0.15, 0.2) is 48.5 Å². The Kier molecular flexibility index (Phi) is 5.23. The number of carbonyl (C=O) groups excluding carboxylic acids is 2. The van der Waals surface area contributed by atoms with Crippen LogP contribution in [0, 0.1) is 0 Å². The Morgan fingerprint density at radius 2 is 1.79 bits per heavy atom. The Morgan fingerprint density at radius 3 is 2.54 bits per heavy atom. The Morgan fingerprint density at radius 1 is 1.04 bits per heavy atom. The Balaban J connectivity index is 1.48. The van der Waals surface area contributed by atoms with Crippen LogP contribution in [-0.4, -0.2) is 16.7 Å². The molecular weight excluding hydrogens is 346 g/mol. The number of fused-ring (bicyclic) bond motifs is 1. The maximum absolute atomic E-state index is 12.0. The number of halogens is 1. The molecule has 0 aliphatic heterocycles. The van der Waals surface area contributed by atoms with Gasteiger partial charge in [0.25, 0.3) is 0 Å². The summed E-state index contributed by atoms with van der Waals surface area (Å²) in [6.45, 7) is 0.132. The summed E-state index contributed by atoms with van der Waals surface area (Å²) in [6.07, 6.45) is 0.159. The number of Topliss-reactive ketones (excluding diaryl/α,β-unsaturated/α-hetero) is 1. The lowest BCUT2D eigenvalue weighted by atomic mass is 10.1. The molecule has 4 nitrogen and oxygen atoms in total. The van der Waals surface area contributed by atoms with Crippen LogP contribution in [0.1, 0.15) is 28.2 Å². The fraction of sp³-hybridized carbons (Fsp3) is 0.167. The number of carbonyl (C=O) groups is 2. The standard InChI is InChI=1S/C18H14ClNO3S/c19-13-7-5-12(6-8-13)15(21)9-10-18(22)23-11-17-20-14-3-1-2-4-16(14)24-17/h1-8H,9-11H2. The number of ketones is 1. The summed E-state index contributed by atoms with van der Waals surface area (Å²) in [6, 6.07) is 14.4. The first-order valence-corrected chi connectivity index (χ1v) is 8.60. The van der Waals surface area contributed by atoms with E-state index in [-0.39, 0.29) is 25.2 Å². The van der Waals surface area contributed by atoms with Gasteiger partial charge in [-0.3, -0.25) is 9.59 Å². The number of thiazole rings is 1. The second-order valence-electron chi connectivity index (χ2n) is 5.17. The second kappa shape index (κ2) is 7.55. The van der Waals surface area contributed by atoms with Crippen LogP contribution in [0.2, 0.25) is 5.02 Å². The molecule has 0 fully saturated rings. The monoisotopic (exact) mass is 359 g/mol. The van der Waals surface area contributed by atoms with Crippen LogP contribution in [0.25, 0.3) is 10.2 Å². The number of benzene rings is 2. The van der Waals surface area contributed by atoms with Crippen molar-refractivity contribution in [3.05, 3.63) is 64.1 Å². The first-order chi connectivity index (χ1) is 11.6. The quantitative estimate of drug-likeness (QED) is 0.474. The summed E-state index contributed by atoms with van der Waals surface area (Å²) in [7, 11) is 0. The molecule has 3 aromatic rings. The van der Waals surface area contributed by atoms with Gasteiger partial charge in [0, 0.05) is 17.0 Å². The van der Waals surface area contributed by atoms with Crippen LogP contribution in [0.4, 0.5) is 0 Å². The van der Waals surface area contributed by atoms with Gasteiger partial charge in [0.2, 0.25) is 0 Å². The highest BCUT2D eigenvalue weighted by Crippen LogP contribution is 2.22. The van der Waals surface area contributed by atoms with E-state index in [1.54, 1.807) is 24.3 Å². The number of hydrogen-bond donors (Lipinski definition) is 0. The normalized spacial score (nSPS) is 10.7. The van der Waals surface area contributed by atoms with Crippen molar-refractivity contribution >= 4 is 44.9 Å². The molecule has 0 aliphatic carbocycles. The van der Waals surface area contributed by atoms with Crippen molar-refractivity contribution in [2.45, 2.75) is 19.4 Å². The van der Waals surface area contributed by atoms with Gasteiger partial charge in [-0.25, -0.2) is 4.98 Å². The highest BCUT2D eigenvalue weighted by molar-refractivity contribution is 7.18. The molecule has 0 amide bonds. The third kappa shape index (κ3) is 4.19. The van der Waals surface area contributed by atoms with Gasteiger partial charge in [0.05, 0.1) is 16.6 Å². The fourth-order valence-corrected chi connectivity index (χ4v) is 3.20. The van der Waals surface area contributed by atoms with Crippen LogP contribution in [-0.2, 0) is 16.1 Å². The summed E-state index contributed by atoms with van der Waals surface area (Å²) in [4.78, 5) is 28.2. The maximum atomic E-state index is 12.0. The molecule has 0 bridgehead atoms. The van der Waals surface area contributed by atoms with Gasteiger partial charge in [-0.05, 0) is 36.4 Å². The maximum Gasteiger partial charge on any atom is 0.306 e. The van der Waals surface area contributed by atoms with E-state index >= 15 is 0 Å². The number of aromatic nitrogens is 1. The molecule has 0 unspecified atom stereocenters. The molecule has 24 heavy (non-hydrogen) atoms. The van der Waals surface area contributed by atoms with E-state index in [1.165, 1.54) is 11.3 Å². The molecule has 0 spiro atoms. The van der Waals surface area contributed by atoms with Crippen molar-refractivity contribution in [3.8, 4) is 0 Å². The second-order valence-corrected chi connectivity index (χ2v) is 6.72. The molecule has 0 atom stereocenters. The molecule has 6 heteroatoms. The van der Waals surface area contributed by atoms with E-state index in [9.17, 15) is 9.59 Å². The van der Waals surface area contributed by atoms with E-state index < -0.39 is 5.97 Å². The van der Waals surface area contributed by atoms with E-state index in [1.807, 2.05) is 24.3 Å². The van der Waals surface area contributed by atoms with Gasteiger partial charge >= 0.3 is 5.97 Å². The fourth-order valence-electron chi connectivity index (χ4n) is 2.19. The summed E-state index contributed by atoms with van der Waals surface area (Å²) in [5.41, 5.74) is 1.44. The number of esters is 1. The summed E-state index contributed by atoms with van der Waals surface area (Å²) in [5, 5.41) is 1.32. The number of para-hydroxylation sites is 1. The summed E-state index contributed by atoms with van der Waals surface area (Å²) < 4.78 is 6.26. The molecule has 0 saturated heterocycles. The topological polar surface area (TPSA) is 56.3 Å². The number of rotatable bonds is 6. The van der Waals surface area contributed by atoms with Gasteiger partial charge in [0.15, 0.2) is 5.78 Å². The van der Waals surface area contributed by atoms with Gasteiger partial charge in [-0.15, -0.1) is 11.3 Å². The average Bonchev–Trinajstić information content (AvgIpc) is 3.01. The molecule has 0 radical (unpaired) electrons. The number of ether oxygens (including phenoxy) is 1. The SMILES string of the molecule is O=C(CCC(=O)c1ccc(Cl)cc1)OCc1nc2ccccc2s1. The minimum atomic E-state index is -0.406. The zero-order chi connectivity index (χ0) is 16.9. The van der Waals surface area contributed by atoms with Gasteiger partial charge in [0.1, 0.15) is 11.6 Å². The molecule has 0 saturated carbocycles. The van der Waals surface area contributed by atoms with Crippen molar-refractivity contribution in [2.75, 3.05) is 0 Å². The first-order valence-electron chi connectivity index (χ1n) is 7.40. The predicted molar refractivity (Wildman–Crippen MR) is 94.4 cm³/mol. The van der Waals surface area contributed by atoms with E-state index in [0.29, 0.717) is 10.6 Å². The highest BCUT2D eigenvalue weighted by atomic mass is 35.5. The molecule has 3 rings (SSSR count). The lowest BCUT2D eigenvalue weighted by Gasteiger charge is -2.03. The van der Waals surface area contributed by atoms with Gasteiger partial charge in [-0.2, -0.15) is 0 Å². The smallest absolute Gasteiger partial charge is 0.306 e. The Bertz CT molecular complexity index is 840. The zero-order valence-corrected chi connectivity index (χ0v) is 14.3. The van der Waals surface area contributed by atoms with E-state index in [0.717, 1.165) is 15.2 Å². The Hall–Kier alpha value is -2.24. The van der Waals surface area contributed by atoms with Gasteiger partial charge in [-0.1, -0.05) is 23.7 Å². The van der Waals surface area contributed by atoms with Crippen LogP contribution >= 0.6 is 22.9 Å². The van der Waals surface area contributed by atoms with E-state index in [2.05, 4.69) is 4.98 Å². The van der Waals surface area contributed by atoms with Crippen molar-refractivity contribution in [1.29, 1.82) is 0 Å². The largest absolute Gasteiger partial charge is 0.458 e. The third-order valence-corrected chi connectivity index (χ3v) is 4.68. The molecule has 0 N–H and O–H groups in total. The summed E-state index contributed by atoms with van der Waals surface area (Å²) >= 11 is 7.28. The molecule has 122 valence electrons. The molecule has 0 aliphatic rings. The minimum absolute atomic E-state index is 0.0480.